The van der Waals surface area contributed by atoms with Crippen molar-refractivity contribution in [2.24, 2.45) is 0 Å². The summed E-state index contributed by atoms with van der Waals surface area (Å²) in [5.41, 5.74) is 3.57. The zero-order chi connectivity index (χ0) is 18.3. The van der Waals surface area contributed by atoms with Gasteiger partial charge in [-0.3, -0.25) is 13.8 Å². The number of pyridine rings is 1. The van der Waals surface area contributed by atoms with Crippen molar-refractivity contribution in [3.8, 4) is 5.75 Å². The van der Waals surface area contributed by atoms with E-state index in [1.54, 1.807) is 4.57 Å². The Balaban J connectivity index is 1.97. The molecule has 0 unspecified atom stereocenters. The van der Waals surface area contributed by atoms with Gasteiger partial charge in [0, 0.05) is 6.20 Å². The summed E-state index contributed by atoms with van der Waals surface area (Å²) in [4.78, 5) is 22.7. The van der Waals surface area contributed by atoms with Gasteiger partial charge in [-0.05, 0) is 44.5 Å². The fourth-order valence-corrected chi connectivity index (χ4v) is 3.34. The number of benzene rings is 1. The fourth-order valence-electron chi connectivity index (χ4n) is 3.34. The minimum absolute atomic E-state index is 0.130. The van der Waals surface area contributed by atoms with Crippen molar-refractivity contribution in [3.05, 3.63) is 59.8 Å². The molecule has 6 nitrogen and oxygen atoms in total. The van der Waals surface area contributed by atoms with Gasteiger partial charge < -0.3 is 4.74 Å². The van der Waals surface area contributed by atoms with Gasteiger partial charge in [-0.2, -0.15) is 0 Å². The quantitative estimate of drug-likeness (QED) is 0.565. The van der Waals surface area contributed by atoms with E-state index in [2.05, 4.69) is 9.97 Å². The van der Waals surface area contributed by atoms with Crippen LogP contribution in [-0.2, 0) is 6.42 Å². The Labute approximate surface area is 151 Å². The van der Waals surface area contributed by atoms with Crippen LogP contribution in [0.25, 0.3) is 16.7 Å². The number of aromatic nitrogens is 4. The van der Waals surface area contributed by atoms with Gasteiger partial charge in [0.05, 0.1) is 23.3 Å². The molecule has 0 spiro atoms. The molecule has 0 bridgehead atoms. The number of para-hydroxylation sites is 2. The van der Waals surface area contributed by atoms with E-state index in [4.69, 9.17) is 4.74 Å². The van der Waals surface area contributed by atoms with E-state index in [0.29, 0.717) is 35.9 Å². The summed E-state index contributed by atoms with van der Waals surface area (Å²) in [6.45, 7) is 6.32. The summed E-state index contributed by atoms with van der Waals surface area (Å²) >= 11 is 0. The standard InChI is InChI=1S/C20H20N4O2/c1-4-14-18(23-12-8-11-17(26-5-2)19(23)22-14)20(25)24-13(3)21-15-9-6-7-10-16(15)24/h6-12H,4-5H2,1-3H3. The van der Waals surface area contributed by atoms with Crippen LogP contribution in [0.15, 0.2) is 42.6 Å². The highest BCUT2D eigenvalue weighted by Gasteiger charge is 2.24. The number of imidazole rings is 2. The van der Waals surface area contributed by atoms with Crippen LogP contribution in [0.5, 0.6) is 5.75 Å². The highest BCUT2D eigenvalue weighted by Crippen LogP contribution is 2.25. The second-order valence-electron chi connectivity index (χ2n) is 6.05. The maximum Gasteiger partial charge on any atom is 0.282 e. The lowest BCUT2D eigenvalue weighted by molar-refractivity contribution is 0.0955. The molecule has 3 heterocycles. The Hall–Kier alpha value is -3.15. The summed E-state index contributed by atoms with van der Waals surface area (Å²) in [6, 6.07) is 11.4. The van der Waals surface area contributed by atoms with E-state index in [9.17, 15) is 4.79 Å². The van der Waals surface area contributed by atoms with Crippen LogP contribution in [0.1, 0.15) is 35.9 Å². The topological polar surface area (TPSA) is 61.4 Å². The van der Waals surface area contributed by atoms with E-state index in [1.165, 1.54) is 0 Å². The molecule has 26 heavy (non-hydrogen) atoms. The van der Waals surface area contributed by atoms with Crippen LogP contribution in [0.2, 0.25) is 0 Å². The molecule has 0 aliphatic rings. The molecular weight excluding hydrogens is 328 g/mol. The number of hydrogen-bond acceptors (Lipinski definition) is 4. The Morgan fingerprint density at radius 2 is 1.92 bits per heavy atom. The molecule has 0 aliphatic carbocycles. The van der Waals surface area contributed by atoms with Gasteiger partial charge in [0.15, 0.2) is 11.4 Å². The lowest BCUT2D eigenvalue weighted by Gasteiger charge is -2.08. The lowest BCUT2D eigenvalue weighted by Crippen LogP contribution is -2.17. The first-order valence-electron chi connectivity index (χ1n) is 8.77. The van der Waals surface area contributed by atoms with Crippen LogP contribution < -0.4 is 4.74 Å². The van der Waals surface area contributed by atoms with Crippen LogP contribution in [0, 0.1) is 6.92 Å². The summed E-state index contributed by atoms with van der Waals surface area (Å²) in [6.07, 6.45) is 2.51. The number of fused-ring (bicyclic) bond motifs is 2. The smallest absolute Gasteiger partial charge is 0.282 e. The number of carbonyl (C=O) groups is 1. The molecule has 1 aromatic carbocycles. The second kappa shape index (κ2) is 6.29. The molecule has 0 radical (unpaired) electrons. The molecule has 4 aromatic rings. The van der Waals surface area contributed by atoms with Crippen LogP contribution in [-0.4, -0.2) is 31.4 Å². The van der Waals surface area contributed by atoms with Crippen LogP contribution >= 0.6 is 0 Å². The first kappa shape index (κ1) is 16.3. The number of carbonyl (C=O) groups excluding carboxylic acids is 1. The van der Waals surface area contributed by atoms with E-state index >= 15 is 0 Å². The second-order valence-corrected chi connectivity index (χ2v) is 6.05. The van der Waals surface area contributed by atoms with Gasteiger partial charge in [-0.25, -0.2) is 9.97 Å². The van der Waals surface area contributed by atoms with E-state index in [-0.39, 0.29) is 5.91 Å². The summed E-state index contributed by atoms with van der Waals surface area (Å²) < 4.78 is 9.16. The third-order valence-electron chi connectivity index (χ3n) is 4.46. The van der Waals surface area contributed by atoms with E-state index in [0.717, 1.165) is 16.7 Å². The Kier molecular flexibility index (Phi) is 3.95. The van der Waals surface area contributed by atoms with Gasteiger partial charge in [-0.1, -0.05) is 19.1 Å². The summed E-state index contributed by atoms with van der Waals surface area (Å²) in [5, 5.41) is 0. The van der Waals surface area contributed by atoms with Crippen molar-refractivity contribution in [2.45, 2.75) is 27.2 Å². The predicted octanol–water partition coefficient (Wildman–Crippen LogP) is 3.64. The molecular formula is C20H20N4O2. The minimum atomic E-state index is -0.130. The number of nitrogens with zero attached hydrogens (tertiary/aromatic N) is 4. The summed E-state index contributed by atoms with van der Waals surface area (Å²) in [7, 11) is 0. The Morgan fingerprint density at radius 3 is 2.69 bits per heavy atom. The minimum Gasteiger partial charge on any atom is -0.490 e. The van der Waals surface area contributed by atoms with Gasteiger partial charge in [0.2, 0.25) is 0 Å². The largest absolute Gasteiger partial charge is 0.490 e. The van der Waals surface area contributed by atoms with Gasteiger partial charge in [-0.15, -0.1) is 0 Å². The van der Waals surface area contributed by atoms with Crippen molar-refractivity contribution < 1.29 is 9.53 Å². The highest BCUT2D eigenvalue weighted by molar-refractivity contribution is 6.02. The molecule has 0 N–H and O–H groups in total. The zero-order valence-corrected chi connectivity index (χ0v) is 15.1. The van der Waals surface area contributed by atoms with E-state index in [1.807, 2.05) is 67.8 Å². The maximum atomic E-state index is 13.5. The number of ether oxygens (including phenoxy) is 1. The maximum absolute atomic E-state index is 13.5. The third-order valence-corrected chi connectivity index (χ3v) is 4.46. The van der Waals surface area contributed by atoms with Crippen molar-refractivity contribution in [1.82, 2.24) is 18.9 Å². The molecule has 0 aliphatic heterocycles. The predicted molar refractivity (Wildman–Crippen MR) is 99.9 cm³/mol. The van der Waals surface area contributed by atoms with Crippen molar-refractivity contribution in [3.63, 3.8) is 0 Å². The molecule has 4 rings (SSSR count). The average Bonchev–Trinajstić information content (AvgIpc) is 3.18. The Morgan fingerprint density at radius 1 is 1.12 bits per heavy atom. The fraction of sp³-hybridized carbons (Fsp3) is 0.250. The first-order valence-corrected chi connectivity index (χ1v) is 8.77. The molecule has 132 valence electrons. The molecule has 0 saturated carbocycles. The first-order chi connectivity index (χ1) is 12.7. The lowest BCUT2D eigenvalue weighted by atomic mass is 10.2. The molecule has 3 aromatic heterocycles. The van der Waals surface area contributed by atoms with Crippen LogP contribution in [0.4, 0.5) is 0 Å². The zero-order valence-electron chi connectivity index (χ0n) is 15.1. The van der Waals surface area contributed by atoms with Gasteiger partial charge in [0.1, 0.15) is 11.5 Å². The molecule has 0 saturated heterocycles. The average molecular weight is 348 g/mol. The highest BCUT2D eigenvalue weighted by atomic mass is 16.5. The molecule has 6 heteroatoms. The molecule has 0 amide bonds. The summed E-state index contributed by atoms with van der Waals surface area (Å²) in [5.74, 6) is 1.21. The van der Waals surface area contributed by atoms with Crippen molar-refractivity contribution in [2.75, 3.05) is 6.61 Å². The normalized spacial score (nSPS) is 11.3. The van der Waals surface area contributed by atoms with Crippen LogP contribution in [0.3, 0.4) is 0 Å². The number of aryl methyl sites for hydroxylation is 2. The molecule has 0 atom stereocenters. The van der Waals surface area contributed by atoms with E-state index < -0.39 is 0 Å². The van der Waals surface area contributed by atoms with Crippen molar-refractivity contribution in [1.29, 1.82) is 0 Å². The van der Waals surface area contributed by atoms with Gasteiger partial charge >= 0.3 is 0 Å². The molecule has 0 fully saturated rings. The number of hydrogen-bond donors (Lipinski definition) is 0. The SMILES string of the molecule is CCOc1cccn2c(C(=O)n3c(C)nc4ccccc43)c(CC)nc12. The van der Waals surface area contributed by atoms with Crippen molar-refractivity contribution >= 4 is 22.6 Å². The third kappa shape index (κ3) is 2.37. The monoisotopic (exact) mass is 348 g/mol. The van der Waals surface area contributed by atoms with Gasteiger partial charge in [0.25, 0.3) is 5.91 Å². The number of rotatable bonds is 4. The Bertz CT molecular complexity index is 1120.